The summed E-state index contributed by atoms with van der Waals surface area (Å²) in [7, 11) is 2.92. The van der Waals surface area contributed by atoms with E-state index in [2.05, 4.69) is 4.74 Å². The summed E-state index contributed by atoms with van der Waals surface area (Å²) in [6, 6.07) is 12.6. The number of carbonyl (C=O) groups is 2. The monoisotopic (exact) mass is 336 g/mol. The van der Waals surface area contributed by atoms with E-state index in [1.54, 1.807) is 37.5 Å². The fourth-order valence-electron chi connectivity index (χ4n) is 2.45. The van der Waals surface area contributed by atoms with Crippen LogP contribution in [0.3, 0.4) is 0 Å². The molecule has 1 aliphatic rings. The fourth-order valence-corrected chi connectivity index (χ4v) is 2.45. The Labute approximate surface area is 145 Å². The van der Waals surface area contributed by atoms with Gasteiger partial charge in [-0.1, -0.05) is 18.2 Å². The van der Waals surface area contributed by atoms with Crippen LogP contribution < -0.4 is 9.47 Å². The number of rotatable bonds is 4. The molecule has 5 heteroatoms. The SMILES string of the molecule is COC(=O)/C=C/c1ccc2c(c1)/C(=C\c1ccc(OC)cc1)C(=O)O2. The summed E-state index contributed by atoms with van der Waals surface area (Å²) in [4.78, 5) is 23.4. The van der Waals surface area contributed by atoms with Crippen molar-refractivity contribution in [2.24, 2.45) is 0 Å². The zero-order valence-corrected chi connectivity index (χ0v) is 13.8. The summed E-state index contributed by atoms with van der Waals surface area (Å²) >= 11 is 0. The highest BCUT2D eigenvalue weighted by Gasteiger charge is 2.26. The Morgan fingerprint density at radius 3 is 2.44 bits per heavy atom. The molecule has 0 fully saturated rings. The lowest BCUT2D eigenvalue weighted by Gasteiger charge is -2.01. The number of methoxy groups -OCH3 is 2. The van der Waals surface area contributed by atoms with Crippen LogP contribution in [-0.4, -0.2) is 26.2 Å². The highest BCUT2D eigenvalue weighted by Crippen LogP contribution is 2.36. The minimum atomic E-state index is -0.443. The molecule has 2 aromatic carbocycles. The number of esters is 2. The average molecular weight is 336 g/mol. The van der Waals surface area contributed by atoms with Crippen LogP contribution in [0.25, 0.3) is 17.7 Å². The maximum Gasteiger partial charge on any atom is 0.344 e. The van der Waals surface area contributed by atoms with Gasteiger partial charge in [-0.3, -0.25) is 0 Å². The molecule has 0 aromatic heterocycles. The van der Waals surface area contributed by atoms with Crippen LogP contribution in [0.5, 0.6) is 11.5 Å². The highest BCUT2D eigenvalue weighted by molar-refractivity contribution is 6.26. The second-order valence-electron chi connectivity index (χ2n) is 5.33. The lowest BCUT2D eigenvalue weighted by Crippen LogP contribution is -2.00. The van der Waals surface area contributed by atoms with Gasteiger partial charge in [-0.05, 0) is 47.5 Å². The summed E-state index contributed by atoms with van der Waals surface area (Å²) in [5.41, 5.74) is 2.78. The van der Waals surface area contributed by atoms with Gasteiger partial charge in [-0.2, -0.15) is 0 Å². The Bertz CT molecular complexity index is 875. The van der Waals surface area contributed by atoms with E-state index in [4.69, 9.17) is 9.47 Å². The second kappa shape index (κ2) is 7.05. The highest BCUT2D eigenvalue weighted by atomic mass is 16.5. The third kappa shape index (κ3) is 3.61. The lowest BCUT2D eigenvalue weighted by molar-refractivity contribution is -0.134. The van der Waals surface area contributed by atoms with Crippen LogP contribution in [0.15, 0.2) is 48.5 Å². The van der Waals surface area contributed by atoms with Crippen molar-refractivity contribution in [2.75, 3.05) is 14.2 Å². The van der Waals surface area contributed by atoms with E-state index in [-0.39, 0.29) is 0 Å². The molecule has 2 aromatic rings. The van der Waals surface area contributed by atoms with Gasteiger partial charge >= 0.3 is 11.9 Å². The van der Waals surface area contributed by atoms with Crippen LogP contribution in [0.4, 0.5) is 0 Å². The van der Waals surface area contributed by atoms with Gasteiger partial charge in [0.1, 0.15) is 11.5 Å². The van der Waals surface area contributed by atoms with Crippen LogP contribution in [-0.2, 0) is 14.3 Å². The van der Waals surface area contributed by atoms with Gasteiger partial charge in [0.25, 0.3) is 0 Å². The zero-order valence-electron chi connectivity index (χ0n) is 13.8. The zero-order chi connectivity index (χ0) is 17.8. The van der Waals surface area contributed by atoms with Crippen LogP contribution in [0.1, 0.15) is 16.7 Å². The number of ether oxygens (including phenoxy) is 3. The first kappa shape index (κ1) is 16.5. The van der Waals surface area contributed by atoms with E-state index in [0.717, 1.165) is 16.9 Å². The molecule has 0 radical (unpaired) electrons. The van der Waals surface area contributed by atoms with Crippen LogP contribution >= 0.6 is 0 Å². The van der Waals surface area contributed by atoms with E-state index in [0.29, 0.717) is 16.9 Å². The maximum absolute atomic E-state index is 12.2. The predicted molar refractivity (Wildman–Crippen MR) is 94.0 cm³/mol. The number of carbonyl (C=O) groups excluding carboxylic acids is 2. The second-order valence-corrected chi connectivity index (χ2v) is 5.33. The normalized spacial score (nSPS) is 14.5. The van der Waals surface area contributed by atoms with Gasteiger partial charge in [-0.25, -0.2) is 9.59 Å². The Morgan fingerprint density at radius 1 is 1.04 bits per heavy atom. The van der Waals surface area contributed by atoms with Crippen molar-refractivity contribution in [3.05, 3.63) is 65.2 Å². The van der Waals surface area contributed by atoms with E-state index in [1.165, 1.54) is 13.2 Å². The van der Waals surface area contributed by atoms with Crippen molar-refractivity contribution in [2.45, 2.75) is 0 Å². The van der Waals surface area contributed by atoms with Crippen molar-refractivity contribution >= 4 is 29.7 Å². The first-order valence-electron chi connectivity index (χ1n) is 7.59. The Kier molecular flexibility index (Phi) is 4.66. The Balaban J connectivity index is 1.95. The summed E-state index contributed by atoms with van der Waals surface area (Å²) in [5, 5.41) is 0. The fraction of sp³-hybridized carbons (Fsp3) is 0.100. The van der Waals surface area contributed by atoms with Crippen molar-refractivity contribution in [3.8, 4) is 11.5 Å². The molecule has 0 saturated carbocycles. The van der Waals surface area contributed by atoms with Gasteiger partial charge < -0.3 is 14.2 Å². The predicted octanol–water partition coefficient (Wildman–Crippen LogP) is 3.34. The third-order valence-electron chi connectivity index (χ3n) is 3.76. The van der Waals surface area contributed by atoms with Crippen molar-refractivity contribution in [3.63, 3.8) is 0 Å². The molecule has 126 valence electrons. The topological polar surface area (TPSA) is 61.8 Å². The van der Waals surface area contributed by atoms with Crippen LogP contribution in [0, 0.1) is 0 Å². The number of benzene rings is 2. The molecule has 0 aliphatic carbocycles. The molecule has 0 bridgehead atoms. The first-order chi connectivity index (χ1) is 12.1. The van der Waals surface area contributed by atoms with Crippen molar-refractivity contribution < 1.29 is 23.8 Å². The molecule has 5 nitrogen and oxygen atoms in total. The smallest absolute Gasteiger partial charge is 0.344 e. The summed E-state index contributed by atoms with van der Waals surface area (Å²) < 4.78 is 15.0. The molecule has 0 N–H and O–H groups in total. The standard InChI is InChI=1S/C20H16O5/c1-23-15-7-3-13(4-8-15)12-17-16-11-14(6-10-19(21)24-2)5-9-18(16)25-20(17)22/h3-12H,1-2H3/b10-6+,17-12+. The van der Waals surface area contributed by atoms with Crippen LogP contribution in [0.2, 0.25) is 0 Å². The van der Waals surface area contributed by atoms with Gasteiger partial charge in [0.05, 0.1) is 19.8 Å². The van der Waals surface area contributed by atoms with Gasteiger partial charge in [0.2, 0.25) is 0 Å². The number of hydrogen-bond acceptors (Lipinski definition) is 5. The Morgan fingerprint density at radius 2 is 1.76 bits per heavy atom. The summed E-state index contributed by atoms with van der Waals surface area (Å²) in [6.07, 6.45) is 4.72. The molecular weight excluding hydrogens is 320 g/mol. The van der Waals surface area contributed by atoms with E-state index < -0.39 is 11.9 Å². The quantitative estimate of drug-likeness (QED) is 0.487. The average Bonchev–Trinajstić information content (AvgIpc) is 2.95. The molecule has 0 unspecified atom stereocenters. The molecule has 0 atom stereocenters. The Hall–Kier alpha value is -3.34. The molecule has 1 heterocycles. The summed E-state index contributed by atoms with van der Waals surface area (Å²) in [6.45, 7) is 0. The molecule has 0 saturated heterocycles. The van der Waals surface area contributed by atoms with Crippen molar-refractivity contribution in [1.82, 2.24) is 0 Å². The minimum Gasteiger partial charge on any atom is -0.497 e. The summed E-state index contributed by atoms with van der Waals surface area (Å²) in [5.74, 6) is 0.397. The molecule has 0 amide bonds. The van der Waals surface area contributed by atoms with Gasteiger partial charge in [0, 0.05) is 11.6 Å². The molecular formula is C20H16O5. The van der Waals surface area contributed by atoms with Crippen molar-refractivity contribution in [1.29, 1.82) is 0 Å². The largest absolute Gasteiger partial charge is 0.497 e. The van der Waals surface area contributed by atoms with Gasteiger partial charge in [-0.15, -0.1) is 0 Å². The lowest BCUT2D eigenvalue weighted by atomic mass is 10.0. The van der Waals surface area contributed by atoms with Gasteiger partial charge in [0.15, 0.2) is 0 Å². The third-order valence-corrected chi connectivity index (χ3v) is 3.76. The molecule has 0 spiro atoms. The minimum absolute atomic E-state index is 0.403. The van der Waals surface area contributed by atoms with E-state index in [9.17, 15) is 9.59 Å². The molecule has 3 rings (SSSR count). The first-order valence-corrected chi connectivity index (χ1v) is 7.59. The van der Waals surface area contributed by atoms with E-state index in [1.807, 2.05) is 24.3 Å². The number of hydrogen-bond donors (Lipinski definition) is 0. The molecule has 25 heavy (non-hydrogen) atoms. The number of fused-ring (bicyclic) bond motifs is 1. The maximum atomic E-state index is 12.2. The molecule has 1 aliphatic heterocycles. The van der Waals surface area contributed by atoms with E-state index >= 15 is 0 Å².